The number of carbonyl (C=O) groups is 1. The van der Waals surface area contributed by atoms with E-state index in [0.717, 1.165) is 0 Å². The van der Waals surface area contributed by atoms with Crippen molar-refractivity contribution in [3.8, 4) is 0 Å². The van der Waals surface area contributed by atoms with Crippen LogP contribution >= 0.6 is 0 Å². The lowest BCUT2D eigenvalue weighted by Crippen LogP contribution is -2.07. The fourth-order valence-corrected chi connectivity index (χ4v) is 2.37. The van der Waals surface area contributed by atoms with Gasteiger partial charge >= 0.3 is 5.97 Å². The highest BCUT2D eigenvalue weighted by Crippen LogP contribution is 2.60. The Balaban J connectivity index is 2.04. The highest BCUT2D eigenvalue weighted by Gasteiger charge is 2.61. The van der Waals surface area contributed by atoms with Gasteiger partial charge in [-0.15, -0.1) is 0 Å². The highest BCUT2D eigenvalue weighted by molar-refractivity contribution is 5.78. The van der Waals surface area contributed by atoms with Gasteiger partial charge in [0.15, 0.2) is 0 Å². The summed E-state index contributed by atoms with van der Waals surface area (Å²) >= 11 is 0. The maximum atomic E-state index is 11.4. The Labute approximate surface area is 85.3 Å². The predicted molar refractivity (Wildman–Crippen MR) is 54.7 cm³/mol. The maximum Gasteiger partial charge on any atom is 0.309 e. The lowest BCUT2D eigenvalue weighted by atomic mass is 9.90. The predicted octanol–water partition coefficient (Wildman–Crippen LogP) is 2.54. The summed E-state index contributed by atoms with van der Waals surface area (Å²) in [5.41, 5.74) is 1.66. The maximum absolute atomic E-state index is 11.4. The summed E-state index contributed by atoms with van der Waals surface area (Å²) in [6, 6.07) is 0. The topological polar surface area (TPSA) is 26.3 Å². The van der Waals surface area contributed by atoms with Crippen LogP contribution in [0.5, 0.6) is 0 Å². The first-order valence-corrected chi connectivity index (χ1v) is 5.34. The van der Waals surface area contributed by atoms with Crippen LogP contribution in [0.3, 0.4) is 0 Å². The van der Waals surface area contributed by atoms with Gasteiger partial charge in [0.2, 0.25) is 0 Å². The molecule has 0 aromatic carbocycles. The van der Waals surface area contributed by atoms with E-state index in [1.165, 1.54) is 31.9 Å². The van der Waals surface area contributed by atoms with E-state index in [4.69, 9.17) is 4.74 Å². The summed E-state index contributed by atoms with van der Waals surface area (Å²) in [5.74, 6) is 0.474. The van der Waals surface area contributed by atoms with E-state index >= 15 is 0 Å². The van der Waals surface area contributed by atoms with Crippen LogP contribution in [0.2, 0.25) is 0 Å². The van der Waals surface area contributed by atoms with E-state index < -0.39 is 0 Å². The molecule has 0 heterocycles. The van der Waals surface area contributed by atoms with Crippen LogP contribution in [0.15, 0.2) is 11.6 Å². The van der Waals surface area contributed by atoms with Gasteiger partial charge in [0, 0.05) is 0 Å². The molecule has 2 saturated carbocycles. The molecular weight excluding hydrogens is 176 g/mol. The van der Waals surface area contributed by atoms with Gasteiger partial charge in [-0.2, -0.15) is 0 Å². The van der Waals surface area contributed by atoms with Crippen molar-refractivity contribution in [2.24, 2.45) is 17.3 Å². The molecule has 0 unspecified atom stereocenters. The van der Waals surface area contributed by atoms with Crippen molar-refractivity contribution in [3.05, 3.63) is 11.6 Å². The molecule has 0 radical (unpaired) electrons. The summed E-state index contributed by atoms with van der Waals surface area (Å²) in [6.45, 7) is 4.30. The number of hydrogen-bond donors (Lipinski definition) is 0. The fraction of sp³-hybridized carbons (Fsp3) is 0.750. The van der Waals surface area contributed by atoms with Gasteiger partial charge in [0.25, 0.3) is 0 Å². The molecule has 2 atom stereocenters. The minimum Gasteiger partial charge on any atom is -0.469 e. The molecule has 0 aromatic heterocycles. The molecule has 0 amide bonds. The first-order chi connectivity index (χ1) is 6.57. The van der Waals surface area contributed by atoms with Gasteiger partial charge in [-0.1, -0.05) is 25.5 Å². The smallest absolute Gasteiger partial charge is 0.309 e. The van der Waals surface area contributed by atoms with Crippen LogP contribution in [0.25, 0.3) is 0 Å². The molecule has 0 saturated heterocycles. The Kier molecular flexibility index (Phi) is 2.17. The zero-order valence-corrected chi connectivity index (χ0v) is 9.17. The van der Waals surface area contributed by atoms with E-state index in [0.29, 0.717) is 5.92 Å². The average Bonchev–Trinajstić information content (AvgIpc) is 2.59. The fourth-order valence-electron chi connectivity index (χ4n) is 2.37. The van der Waals surface area contributed by atoms with Crippen molar-refractivity contribution in [1.29, 1.82) is 0 Å². The standard InChI is InChI=1S/C12H18O2/c1-12(2)9(7-8-5-4-6-8)10(12)11(13)14-3/h7,9-10H,4-6H2,1-3H3/t9-,10-/m0/s1. The summed E-state index contributed by atoms with van der Waals surface area (Å²) in [6.07, 6.45) is 6.11. The molecule has 0 aromatic rings. The molecule has 2 nitrogen and oxygen atoms in total. The summed E-state index contributed by atoms with van der Waals surface area (Å²) < 4.78 is 4.81. The van der Waals surface area contributed by atoms with Gasteiger partial charge in [0.1, 0.15) is 0 Å². The van der Waals surface area contributed by atoms with Crippen LogP contribution in [-0.2, 0) is 9.53 Å². The quantitative estimate of drug-likeness (QED) is 0.499. The summed E-state index contributed by atoms with van der Waals surface area (Å²) in [5, 5.41) is 0. The van der Waals surface area contributed by atoms with Crippen molar-refractivity contribution in [2.75, 3.05) is 7.11 Å². The SMILES string of the molecule is COC(=O)[C@@H]1[C@H](C=C2CCC2)C1(C)C. The minimum atomic E-state index is -0.0452. The number of esters is 1. The van der Waals surface area contributed by atoms with Gasteiger partial charge < -0.3 is 4.74 Å². The molecule has 0 aliphatic heterocycles. The molecule has 2 rings (SSSR count). The van der Waals surface area contributed by atoms with Crippen LogP contribution in [0.1, 0.15) is 33.1 Å². The molecule has 14 heavy (non-hydrogen) atoms. The lowest BCUT2D eigenvalue weighted by molar-refractivity contribution is -0.143. The first-order valence-electron chi connectivity index (χ1n) is 5.34. The van der Waals surface area contributed by atoms with Crippen LogP contribution in [0, 0.1) is 17.3 Å². The highest BCUT2D eigenvalue weighted by atomic mass is 16.5. The Hall–Kier alpha value is -0.790. The molecule has 78 valence electrons. The molecule has 0 bridgehead atoms. The van der Waals surface area contributed by atoms with Crippen LogP contribution in [-0.4, -0.2) is 13.1 Å². The minimum absolute atomic E-state index is 0.0452. The lowest BCUT2D eigenvalue weighted by Gasteiger charge is -2.16. The normalized spacial score (nSPS) is 33.2. The van der Waals surface area contributed by atoms with Gasteiger partial charge in [-0.3, -0.25) is 4.79 Å². The van der Waals surface area contributed by atoms with Gasteiger partial charge in [-0.05, 0) is 30.6 Å². The van der Waals surface area contributed by atoms with E-state index in [1.807, 2.05) is 0 Å². The van der Waals surface area contributed by atoms with Gasteiger partial charge in [0.05, 0.1) is 13.0 Å². The molecule has 0 spiro atoms. The van der Waals surface area contributed by atoms with Crippen molar-refractivity contribution in [2.45, 2.75) is 33.1 Å². The van der Waals surface area contributed by atoms with Crippen LogP contribution in [0.4, 0.5) is 0 Å². The first kappa shape index (κ1) is 9.75. The Morgan fingerprint density at radius 1 is 1.50 bits per heavy atom. The number of allylic oxidation sites excluding steroid dienone is 2. The zero-order chi connectivity index (χ0) is 10.3. The molecule has 0 N–H and O–H groups in total. The van der Waals surface area contributed by atoms with Gasteiger partial charge in [-0.25, -0.2) is 0 Å². The molecule has 2 fully saturated rings. The third-order valence-corrected chi connectivity index (χ3v) is 3.78. The third kappa shape index (κ3) is 1.37. The second-order valence-corrected chi connectivity index (χ2v) is 5.03. The number of ether oxygens (including phenoxy) is 1. The second kappa shape index (κ2) is 3.11. The number of methoxy groups -OCH3 is 1. The van der Waals surface area contributed by atoms with E-state index in [1.54, 1.807) is 0 Å². The van der Waals surface area contributed by atoms with E-state index in [2.05, 4.69) is 19.9 Å². The molecular formula is C12H18O2. The Morgan fingerprint density at radius 2 is 2.14 bits per heavy atom. The van der Waals surface area contributed by atoms with Crippen molar-refractivity contribution < 1.29 is 9.53 Å². The largest absolute Gasteiger partial charge is 0.469 e. The van der Waals surface area contributed by atoms with Crippen molar-refractivity contribution in [3.63, 3.8) is 0 Å². The van der Waals surface area contributed by atoms with E-state index in [9.17, 15) is 4.79 Å². The summed E-state index contributed by atoms with van der Waals surface area (Å²) in [4.78, 5) is 11.4. The Bertz CT molecular complexity index is 283. The van der Waals surface area contributed by atoms with Crippen LogP contribution < -0.4 is 0 Å². The summed E-state index contributed by atoms with van der Waals surface area (Å²) in [7, 11) is 1.48. The number of carbonyl (C=O) groups excluding carboxylic acids is 1. The van der Waals surface area contributed by atoms with E-state index in [-0.39, 0.29) is 17.3 Å². The molecule has 2 heteroatoms. The van der Waals surface area contributed by atoms with Crippen molar-refractivity contribution in [1.82, 2.24) is 0 Å². The average molecular weight is 194 g/mol. The number of hydrogen-bond acceptors (Lipinski definition) is 2. The number of rotatable bonds is 2. The zero-order valence-electron chi connectivity index (χ0n) is 9.17. The third-order valence-electron chi connectivity index (χ3n) is 3.78. The van der Waals surface area contributed by atoms with Crippen molar-refractivity contribution >= 4 is 5.97 Å². The Morgan fingerprint density at radius 3 is 2.57 bits per heavy atom. The second-order valence-electron chi connectivity index (χ2n) is 5.03. The molecule has 2 aliphatic carbocycles. The molecule has 2 aliphatic rings. The monoisotopic (exact) mass is 194 g/mol.